The molecular weight excluding hydrogens is 278 g/mol. The average Bonchev–Trinajstić information content (AvgIpc) is 2.49. The maximum absolute atomic E-state index is 11.7. The number of benzene rings is 2. The third kappa shape index (κ3) is 2.51. The van der Waals surface area contributed by atoms with Crippen LogP contribution >= 0.6 is 0 Å². The zero-order chi connectivity index (χ0) is 15.7. The minimum Gasteiger partial charge on any atom is -0.480 e. The van der Waals surface area contributed by atoms with Gasteiger partial charge in [-0.1, -0.05) is 35.9 Å². The lowest BCUT2D eigenvalue weighted by molar-refractivity contribution is 0.312. The molecule has 0 unspecified atom stereocenters. The molecule has 0 radical (unpaired) electrons. The topological polar surface area (TPSA) is 62.8 Å². The normalized spacial score (nSPS) is 11.4. The van der Waals surface area contributed by atoms with Crippen molar-refractivity contribution in [2.45, 2.75) is 13.8 Å². The lowest BCUT2D eigenvalue weighted by Crippen LogP contribution is -2.01. The van der Waals surface area contributed by atoms with Crippen LogP contribution in [-0.2, 0) is 0 Å². The van der Waals surface area contributed by atoms with Crippen LogP contribution < -0.4 is 5.63 Å². The van der Waals surface area contributed by atoms with Gasteiger partial charge in [-0.2, -0.15) is 0 Å². The summed E-state index contributed by atoms with van der Waals surface area (Å²) in [4.78, 5) is 16.2. The summed E-state index contributed by atoms with van der Waals surface area (Å²) in [7, 11) is 0. The number of rotatable bonds is 2. The number of hydrogen-bond donors (Lipinski definition) is 1. The first-order valence-corrected chi connectivity index (χ1v) is 6.92. The molecule has 1 heterocycles. The summed E-state index contributed by atoms with van der Waals surface area (Å²) in [6, 6.07) is 12.9. The van der Waals surface area contributed by atoms with Gasteiger partial charge in [0.05, 0.1) is 16.6 Å². The number of hydrogen-bond acceptors (Lipinski definition) is 4. The van der Waals surface area contributed by atoms with Crippen LogP contribution in [0.25, 0.3) is 10.8 Å². The Labute approximate surface area is 127 Å². The van der Waals surface area contributed by atoms with Gasteiger partial charge in [-0.05, 0) is 31.5 Å². The second kappa shape index (κ2) is 5.48. The Bertz CT molecular complexity index is 939. The van der Waals surface area contributed by atoms with Crippen molar-refractivity contribution in [2.75, 3.05) is 0 Å². The van der Waals surface area contributed by atoms with Gasteiger partial charge < -0.3 is 9.52 Å². The molecule has 0 spiro atoms. The van der Waals surface area contributed by atoms with Crippen molar-refractivity contribution in [2.24, 2.45) is 4.99 Å². The third-order valence-corrected chi connectivity index (χ3v) is 3.54. The lowest BCUT2D eigenvalue weighted by atomic mass is 10.1. The molecule has 0 saturated carbocycles. The van der Waals surface area contributed by atoms with Crippen molar-refractivity contribution < 1.29 is 9.52 Å². The number of aromatic hydroxyl groups is 1. The van der Waals surface area contributed by atoms with Crippen molar-refractivity contribution in [3.05, 3.63) is 69.6 Å². The van der Waals surface area contributed by atoms with Crippen molar-refractivity contribution >= 4 is 22.7 Å². The molecule has 4 heteroatoms. The van der Waals surface area contributed by atoms with E-state index in [1.54, 1.807) is 24.3 Å². The molecule has 0 fully saturated rings. The Morgan fingerprint density at radius 3 is 2.55 bits per heavy atom. The van der Waals surface area contributed by atoms with E-state index < -0.39 is 11.6 Å². The van der Waals surface area contributed by atoms with E-state index in [-0.39, 0.29) is 0 Å². The van der Waals surface area contributed by atoms with E-state index in [1.165, 1.54) is 6.21 Å². The highest BCUT2D eigenvalue weighted by Gasteiger charge is 2.11. The summed E-state index contributed by atoms with van der Waals surface area (Å²) in [5, 5.41) is 11.0. The van der Waals surface area contributed by atoms with Gasteiger partial charge in [0.15, 0.2) is 0 Å². The number of fused-ring (bicyclic) bond motifs is 1. The zero-order valence-electron chi connectivity index (χ0n) is 12.3. The van der Waals surface area contributed by atoms with Gasteiger partial charge in [-0.3, -0.25) is 4.99 Å². The predicted octanol–water partition coefficient (Wildman–Crippen LogP) is 3.87. The third-order valence-electron chi connectivity index (χ3n) is 3.54. The number of aryl methyl sites for hydroxylation is 2. The Kier molecular flexibility index (Phi) is 3.51. The molecule has 4 nitrogen and oxygen atoms in total. The van der Waals surface area contributed by atoms with Crippen LogP contribution in [0.4, 0.5) is 5.69 Å². The molecule has 0 bridgehead atoms. The van der Waals surface area contributed by atoms with Crippen LogP contribution in [0.3, 0.4) is 0 Å². The number of aliphatic imine (C=N–C) groups is 1. The summed E-state index contributed by atoms with van der Waals surface area (Å²) < 4.78 is 4.87. The molecule has 2 aromatic carbocycles. The van der Waals surface area contributed by atoms with E-state index in [4.69, 9.17) is 4.42 Å². The van der Waals surface area contributed by atoms with Crippen molar-refractivity contribution in [3.8, 4) is 5.95 Å². The minimum atomic E-state index is -0.559. The molecule has 22 heavy (non-hydrogen) atoms. The molecule has 1 N–H and O–H groups in total. The fourth-order valence-corrected chi connectivity index (χ4v) is 2.42. The summed E-state index contributed by atoms with van der Waals surface area (Å²) in [6.07, 6.45) is 1.53. The van der Waals surface area contributed by atoms with Gasteiger partial charge in [0, 0.05) is 11.6 Å². The largest absolute Gasteiger partial charge is 0.480 e. The molecule has 3 rings (SSSR count). The van der Waals surface area contributed by atoms with Crippen molar-refractivity contribution in [3.63, 3.8) is 0 Å². The lowest BCUT2D eigenvalue weighted by Gasteiger charge is -2.04. The Morgan fingerprint density at radius 1 is 1.09 bits per heavy atom. The maximum Gasteiger partial charge on any atom is 0.346 e. The fourth-order valence-electron chi connectivity index (χ4n) is 2.42. The summed E-state index contributed by atoms with van der Waals surface area (Å²) in [6.45, 7) is 3.99. The molecular formula is C18H15NO3. The second-order valence-corrected chi connectivity index (χ2v) is 5.20. The fraction of sp³-hybridized carbons (Fsp3) is 0.111. The highest BCUT2D eigenvalue weighted by atomic mass is 16.5. The van der Waals surface area contributed by atoms with Crippen LogP contribution in [0.2, 0.25) is 0 Å². The monoisotopic (exact) mass is 293 g/mol. The quantitative estimate of drug-likeness (QED) is 0.730. The minimum absolute atomic E-state index is 0.398. The van der Waals surface area contributed by atoms with E-state index in [2.05, 4.69) is 4.99 Å². The first-order valence-electron chi connectivity index (χ1n) is 6.92. The van der Waals surface area contributed by atoms with E-state index in [0.717, 1.165) is 16.8 Å². The van der Waals surface area contributed by atoms with Gasteiger partial charge in [0.25, 0.3) is 5.95 Å². The predicted molar refractivity (Wildman–Crippen MR) is 87.3 cm³/mol. The summed E-state index contributed by atoms with van der Waals surface area (Å²) in [5.41, 5.74) is 2.85. The van der Waals surface area contributed by atoms with Crippen LogP contribution in [0, 0.1) is 13.8 Å². The highest BCUT2D eigenvalue weighted by Crippen LogP contribution is 2.24. The van der Waals surface area contributed by atoms with E-state index in [1.807, 2.05) is 32.0 Å². The van der Waals surface area contributed by atoms with Crippen LogP contribution in [0.5, 0.6) is 5.95 Å². The van der Waals surface area contributed by atoms with Gasteiger partial charge in [0.1, 0.15) is 0 Å². The Balaban J connectivity index is 2.15. The molecule has 0 aliphatic heterocycles. The number of nitrogens with zero attached hydrogens (tertiary/aromatic N) is 1. The Morgan fingerprint density at radius 2 is 1.82 bits per heavy atom. The molecule has 0 aliphatic carbocycles. The Hall–Kier alpha value is -2.88. The van der Waals surface area contributed by atoms with Gasteiger partial charge in [-0.25, -0.2) is 4.79 Å². The van der Waals surface area contributed by atoms with E-state index >= 15 is 0 Å². The van der Waals surface area contributed by atoms with Gasteiger partial charge in [-0.15, -0.1) is 0 Å². The molecule has 0 atom stereocenters. The first-order chi connectivity index (χ1) is 10.6. The summed E-state index contributed by atoms with van der Waals surface area (Å²) >= 11 is 0. The average molecular weight is 293 g/mol. The standard InChI is InChI=1S/C18H15NO3/c1-11-7-8-16(12(2)9-11)19-10-15-13-5-3-4-6-14(13)17(20)22-18(15)21/h3-10,21H,1-2H3. The molecule has 0 aliphatic rings. The van der Waals surface area contributed by atoms with Gasteiger partial charge >= 0.3 is 5.63 Å². The van der Waals surface area contributed by atoms with Crippen molar-refractivity contribution in [1.29, 1.82) is 0 Å². The molecule has 110 valence electrons. The van der Waals surface area contributed by atoms with E-state index in [9.17, 15) is 9.90 Å². The van der Waals surface area contributed by atoms with Gasteiger partial charge in [0.2, 0.25) is 0 Å². The van der Waals surface area contributed by atoms with Crippen LogP contribution in [0.1, 0.15) is 16.7 Å². The SMILES string of the molecule is Cc1ccc(N=Cc2c(O)oc(=O)c3ccccc23)c(C)c1. The zero-order valence-corrected chi connectivity index (χ0v) is 12.3. The van der Waals surface area contributed by atoms with E-state index in [0.29, 0.717) is 16.3 Å². The molecule has 0 amide bonds. The van der Waals surface area contributed by atoms with Crippen molar-refractivity contribution in [1.82, 2.24) is 0 Å². The van der Waals surface area contributed by atoms with Crippen LogP contribution in [0.15, 0.2) is 56.7 Å². The second-order valence-electron chi connectivity index (χ2n) is 5.20. The summed E-state index contributed by atoms with van der Waals surface area (Å²) in [5.74, 6) is -0.419. The molecule has 1 aromatic heterocycles. The highest BCUT2D eigenvalue weighted by molar-refractivity contribution is 6.01. The first kappa shape index (κ1) is 14.1. The smallest absolute Gasteiger partial charge is 0.346 e. The molecule has 0 saturated heterocycles. The van der Waals surface area contributed by atoms with Crippen LogP contribution in [-0.4, -0.2) is 11.3 Å². The maximum atomic E-state index is 11.7. The molecule has 3 aromatic rings.